The first-order chi connectivity index (χ1) is 11.3. The minimum atomic E-state index is -0.719. The smallest absolute Gasteiger partial charge is 0.267 e. The van der Waals surface area contributed by atoms with Crippen LogP contribution in [0.15, 0.2) is 36.5 Å². The Bertz CT molecular complexity index is 738. The van der Waals surface area contributed by atoms with Gasteiger partial charge in [0.15, 0.2) is 11.9 Å². The summed E-state index contributed by atoms with van der Waals surface area (Å²) in [5.41, 5.74) is 0.699. The van der Waals surface area contributed by atoms with Gasteiger partial charge in [0.1, 0.15) is 5.75 Å². The maximum Gasteiger partial charge on any atom is 0.267 e. The van der Waals surface area contributed by atoms with Crippen LogP contribution in [-0.4, -0.2) is 38.1 Å². The number of nitrogens with zero attached hydrogens (tertiary/aromatic N) is 3. The molecule has 0 aliphatic heterocycles. The van der Waals surface area contributed by atoms with Gasteiger partial charge in [0.2, 0.25) is 0 Å². The molecule has 1 heterocycles. The lowest BCUT2D eigenvalue weighted by molar-refractivity contribution is -0.124. The summed E-state index contributed by atoms with van der Waals surface area (Å²) in [6, 6.07) is 8.50. The molecule has 0 aliphatic rings. The predicted molar refractivity (Wildman–Crippen MR) is 98.5 cm³/mol. The summed E-state index contributed by atoms with van der Waals surface area (Å²) >= 11 is 12.0. The van der Waals surface area contributed by atoms with Gasteiger partial charge < -0.3 is 14.5 Å². The van der Waals surface area contributed by atoms with Gasteiger partial charge in [-0.1, -0.05) is 23.2 Å². The number of benzene rings is 1. The van der Waals surface area contributed by atoms with Crippen molar-refractivity contribution in [2.45, 2.75) is 13.0 Å². The highest BCUT2D eigenvalue weighted by atomic mass is 35.5. The summed E-state index contributed by atoms with van der Waals surface area (Å²) in [6.45, 7) is 1.68. The zero-order valence-corrected chi connectivity index (χ0v) is 15.5. The highest BCUT2D eigenvalue weighted by Gasteiger charge is 2.23. The van der Waals surface area contributed by atoms with Crippen molar-refractivity contribution < 1.29 is 9.53 Å². The van der Waals surface area contributed by atoms with Crippen molar-refractivity contribution in [3.8, 4) is 5.75 Å². The third-order valence-corrected chi connectivity index (χ3v) is 3.96. The van der Waals surface area contributed by atoms with Crippen molar-refractivity contribution in [3.63, 3.8) is 0 Å². The Labute approximate surface area is 151 Å². The van der Waals surface area contributed by atoms with Gasteiger partial charge >= 0.3 is 0 Å². The molecule has 2 aromatic rings. The Morgan fingerprint density at radius 1 is 1.21 bits per heavy atom. The highest BCUT2D eigenvalue weighted by molar-refractivity contribution is 6.35. The lowest BCUT2D eigenvalue weighted by atomic mass is 10.2. The van der Waals surface area contributed by atoms with Gasteiger partial charge in [-0.05, 0) is 37.3 Å². The van der Waals surface area contributed by atoms with Crippen LogP contribution in [0.2, 0.25) is 10.0 Å². The molecule has 128 valence electrons. The van der Waals surface area contributed by atoms with E-state index in [4.69, 9.17) is 27.9 Å². The second kappa shape index (κ2) is 7.73. The summed E-state index contributed by atoms with van der Waals surface area (Å²) < 4.78 is 5.69. The van der Waals surface area contributed by atoms with Crippen LogP contribution in [0.1, 0.15) is 6.92 Å². The molecule has 2 rings (SSSR count). The van der Waals surface area contributed by atoms with Gasteiger partial charge in [-0.2, -0.15) is 0 Å². The van der Waals surface area contributed by atoms with E-state index in [0.29, 0.717) is 27.3 Å². The van der Waals surface area contributed by atoms with E-state index in [9.17, 15) is 4.79 Å². The average molecular weight is 368 g/mol. The minimum Gasteiger partial charge on any atom is -0.479 e. The van der Waals surface area contributed by atoms with Crippen LogP contribution in [0, 0.1) is 0 Å². The first kappa shape index (κ1) is 18.4. The molecule has 0 aliphatic carbocycles. The van der Waals surface area contributed by atoms with Crippen LogP contribution in [0.5, 0.6) is 5.75 Å². The quantitative estimate of drug-likeness (QED) is 0.804. The average Bonchev–Trinajstić information content (AvgIpc) is 2.55. The summed E-state index contributed by atoms with van der Waals surface area (Å²) in [4.78, 5) is 20.4. The highest BCUT2D eigenvalue weighted by Crippen LogP contribution is 2.29. The number of carbonyl (C=O) groups excluding carboxylic acids is 1. The molecule has 7 heteroatoms. The number of ether oxygens (including phenoxy) is 1. The Morgan fingerprint density at radius 3 is 2.54 bits per heavy atom. The lowest BCUT2D eigenvalue weighted by Crippen LogP contribution is -2.38. The van der Waals surface area contributed by atoms with E-state index in [1.807, 2.05) is 25.1 Å². The zero-order chi connectivity index (χ0) is 17.9. The largest absolute Gasteiger partial charge is 0.479 e. The third kappa shape index (κ3) is 4.10. The molecule has 1 aromatic heterocycles. The normalized spacial score (nSPS) is 11.8. The van der Waals surface area contributed by atoms with Gasteiger partial charge in [-0.3, -0.25) is 4.79 Å². The predicted octanol–water partition coefficient (Wildman–Crippen LogP) is 3.88. The van der Waals surface area contributed by atoms with E-state index in [2.05, 4.69) is 4.98 Å². The molecule has 5 nitrogen and oxygen atoms in total. The number of aromatic nitrogens is 1. The first-order valence-electron chi connectivity index (χ1n) is 7.33. The van der Waals surface area contributed by atoms with Crippen molar-refractivity contribution in [1.29, 1.82) is 0 Å². The van der Waals surface area contributed by atoms with Crippen molar-refractivity contribution in [2.75, 3.05) is 30.9 Å². The number of likely N-dealkylation sites (N-methyl/N-ethyl adjacent to an activating group) is 1. The van der Waals surface area contributed by atoms with E-state index in [-0.39, 0.29) is 5.91 Å². The van der Waals surface area contributed by atoms with E-state index in [1.54, 1.807) is 44.4 Å². The van der Waals surface area contributed by atoms with Gasteiger partial charge in [-0.25, -0.2) is 4.98 Å². The maximum atomic E-state index is 12.7. The van der Waals surface area contributed by atoms with Crippen molar-refractivity contribution in [2.24, 2.45) is 0 Å². The SMILES string of the molecule is C[C@@H](Oc1ccc(Cl)cc1Cl)C(=O)N(C)c1cccnc1N(C)C. The van der Waals surface area contributed by atoms with Gasteiger partial charge in [-0.15, -0.1) is 0 Å². The number of amides is 1. The second-order valence-electron chi connectivity index (χ2n) is 5.47. The molecular weight excluding hydrogens is 349 g/mol. The fourth-order valence-electron chi connectivity index (χ4n) is 2.20. The summed E-state index contributed by atoms with van der Waals surface area (Å²) in [5, 5.41) is 0.870. The van der Waals surface area contributed by atoms with Gasteiger partial charge in [0.25, 0.3) is 5.91 Å². The van der Waals surface area contributed by atoms with Crippen LogP contribution in [-0.2, 0) is 4.79 Å². The number of anilines is 2. The molecule has 0 unspecified atom stereocenters. The molecular formula is C17H19Cl2N3O2. The van der Waals surface area contributed by atoms with Crippen LogP contribution in [0.4, 0.5) is 11.5 Å². The molecule has 0 saturated heterocycles. The Morgan fingerprint density at radius 2 is 1.92 bits per heavy atom. The fraction of sp³-hybridized carbons (Fsp3) is 0.294. The van der Waals surface area contributed by atoms with E-state index < -0.39 is 6.10 Å². The number of rotatable bonds is 5. The topological polar surface area (TPSA) is 45.7 Å². The van der Waals surface area contributed by atoms with Crippen molar-refractivity contribution in [3.05, 3.63) is 46.6 Å². The molecule has 1 atom stereocenters. The molecule has 0 spiro atoms. The molecule has 0 bridgehead atoms. The van der Waals surface area contributed by atoms with Crippen LogP contribution >= 0.6 is 23.2 Å². The number of halogens is 2. The summed E-state index contributed by atoms with van der Waals surface area (Å²) in [7, 11) is 5.44. The number of carbonyl (C=O) groups is 1. The molecule has 1 aromatic carbocycles. The zero-order valence-electron chi connectivity index (χ0n) is 14.0. The maximum absolute atomic E-state index is 12.7. The van der Waals surface area contributed by atoms with E-state index >= 15 is 0 Å². The Kier molecular flexibility index (Phi) is 5.91. The van der Waals surface area contributed by atoms with E-state index in [1.165, 1.54) is 4.90 Å². The van der Waals surface area contributed by atoms with Crippen LogP contribution < -0.4 is 14.5 Å². The molecule has 0 radical (unpaired) electrons. The number of hydrogen-bond acceptors (Lipinski definition) is 4. The second-order valence-corrected chi connectivity index (χ2v) is 6.32. The van der Waals surface area contributed by atoms with Gasteiger partial charge in [0.05, 0.1) is 10.7 Å². The van der Waals surface area contributed by atoms with Crippen molar-refractivity contribution in [1.82, 2.24) is 4.98 Å². The third-order valence-electron chi connectivity index (χ3n) is 3.43. The fourth-order valence-corrected chi connectivity index (χ4v) is 2.65. The lowest BCUT2D eigenvalue weighted by Gasteiger charge is -2.25. The number of hydrogen-bond donors (Lipinski definition) is 0. The monoisotopic (exact) mass is 367 g/mol. The minimum absolute atomic E-state index is 0.211. The molecule has 0 N–H and O–H groups in total. The molecule has 0 saturated carbocycles. The molecule has 1 amide bonds. The molecule has 0 fully saturated rings. The summed E-state index contributed by atoms with van der Waals surface area (Å²) in [6.07, 6.45) is 0.966. The Hall–Kier alpha value is -1.98. The van der Waals surface area contributed by atoms with Crippen LogP contribution in [0.3, 0.4) is 0 Å². The van der Waals surface area contributed by atoms with Crippen molar-refractivity contribution >= 4 is 40.6 Å². The van der Waals surface area contributed by atoms with Crippen LogP contribution in [0.25, 0.3) is 0 Å². The standard InChI is InChI=1S/C17H19Cl2N3O2/c1-11(24-15-8-7-12(18)10-13(15)19)17(23)22(4)14-6-5-9-20-16(14)21(2)3/h5-11H,1-4H3/t11-/m1/s1. The van der Waals surface area contributed by atoms with Gasteiger partial charge in [0, 0.05) is 32.4 Å². The summed E-state index contributed by atoms with van der Waals surface area (Å²) in [5.74, 6) is 0.900. The Balaban J connectivity index is 2.18. The molecule has 24 heavy (non-hydrogen) atoms. The van der Waals surface area contributed by atoms with E-state index in [0.717, 1.165) is 0 Å². The number of pyridine rings is 1. The first-order valence-corrected chi connectivity index (χ1v) is 8.08.